The molecule has 0 bridgehead atoms. The fourth-order valence-electron chi connectivity index (χ4n) is 2.86. The van der Waals surface area contributed by atoms with Gasteiger partial charge in [-0.2, -0.15) is 4.98 Å². The molecule has 3 rings (SSSR count). The van der Waals surface area contributed by atoms with Crippen molar-refractivity contribution in [3.63, 3.8) is 0 Å². The minimum Gasteiger partial charge on any atom is -0.493 e. The maximum atomic E-state index is 12.6. The van der Waals surface area contributed by atoms with Crippen LogP contribution in [0.4, 0.5) is 0 Å². The molecule has 0 fully saturated rings. The highest BCUT2D eigenvalue weighted by atomic mass is 16.5. The number of amides is 1. The van der Waals surface area contributed by atoms with Gasteiger partial charge in [-0.15, -0.1) is 0 Å². The van der Waals surface area contributed by atoms with Crippen molar-refractivity contribution in [1.82, 2.24) is 20.0 Å². The molecule has 1 N–H and O–H groups in total. The van der Waals surface area contributed by atoms with E-state index in [4.69, 9.17) is 14.0 Å². The molecule has 2 heterocycles. The second kappa shape index (κ2) is 8.12. The van der Waals surface area contributed by atoms with Gasteiger partial charge in [-0.3, -0.25) is 14.2 Å². The van der Waals surface area contributed by atoms with Gasteiger partial charge in [0, 0.05) is 6.54 Å². The molecule has 9 nitrogen and oxygen atoms in total. The lowest BCUT2D eigenvalue weighted by Crippen LogP contribution is -2.33. The third kappa shape index (κ3) is 3.83. The molecule has 0 spiro atoms. The number of rotatable bonds is 7. The van der Waals surface area contributed by atoms with Gasteiger partial charge < -0.3 is 19.3 Å². The SMILES string of the molecule is CCOc1cc(CNC(=O)Cn2c(C)nc3onc(C)c3c2=O)ccc1OC. The molecule has 0 aliphatic heterocycles. The van der Waals surface area contributed by atoms with Gasteiger partial charge in [-0.25, -0.2) is 0 Å². The van der Waals surface area contributed by atoms with E-state index >= 15 is 0 Å². The number of methoxy groups -OCH3 is 1. The van der Waals surface area contributed by atoms with Crippen molar-refractivity contribution in [1.29, 1.82) is 0 Å². The number of aromatic nitrogens is 3. The number of nitrogens with one attached hydrogen (secondary N) is 1. The van der Waals surface area contributed by atoms with Crippen LogP contribution >= 0.6 is 0 Å². The fourth-order valence-corrected chi connectivity index (χ4v) is 2.86. The van der Waals surface area contributed by atoms with Gasteiger partial charge >= 0.3 is 0 Å². The Balaban J connectivity index is 1.73. The number of aryl methyl sites for hydroxylation is 2. The van der Waals surface area contributed by atoms with Gasteiger partial charge in [0.2, 0.25) is 5.91 Å². The zero-order valence-corrected chi connectivity index (χ0v) is 16.2. The second-order valence-corrected chi connectivity index (χ2v) is 6.19. The molecule has 1 aromatic carbocycles. The van der Waals surface area contributed by atoms with Crippen molar-refractivity contribution in [3.05, 3.63) is 45.6 Å². The van der Waals surface area contributed by atoms with Crippen LogP contribution in [0.1, 0.15) is 24.0 Å². The number of fused-ring (bicyclic) bond motifs is 1. The van der Waals surface area contributed by atoms with E-state index in [0.717, 1.165) is 5.56 Å². The third-order valence-electron chi connectivity index (χ3n) is 4.28. The first-order valence-electron chi connectivity index (χ1n) is 8.84. The summed E-state index contributed by atoms with van der Waals surface area (Å²) < 4.78 is 17.1. The predicted molar refractivity (Wildman–Crippen MR) is 102 cm³/mol. The maximum Gasteiger partial charge on any atom is 0.267 e. The monoisotopic (exact) mass is 386 g/mol. The average molecular weight is 386 g/mol. The highest BCUT2D eigenvalue weighted by Gasteiger charge is 2.16. The van der Waals surface area contributed by atoms with Crippen LogP contribution < -0.4 is 20.3 Å². The summed E-state index contributed by atoms with van der Waals surface area (Å²) in [6.07, 6.45) is 0. The van der Waals surface area contributed by atoms with Crippen molar-refractivity contribution in [2.45, 2.75) is 33.9 Å². The predicted octanol–water partition coefficient (Wildman–Crippen LogP) is 1.73. The van der Waals surface area contributed by atoms with E-state index in [1.54, 1.807) is 27.0 Å². The number of hydrogen-bond acceptors (Lipinski definition) is 7. The maximum absolute atomic E-state index is 12.6. The Labute approximate surface area is 161 Å². The van der Waals surface area contributed by atoms with Gasteiger partial charge in [0.05, 0.1) is 19.4 Å². The van der Waals surface area contributed by atoms with E-state index in [-0.39, 0.29) is 29.1 Å². The van der Waals surface area contributed by atoms with E-state index in [9.17, 15) is 9.59 Å². The van der Waals surface area contributed by atoms with E-state index < -0.39 is 0 Å². The third-order valence-corrected chi connectivity index (χ3v) is 4.28. The van der Waals surface area contributed by atoms with E-state index in [1.807, 2.05) is 19.1 Å². The molecule has 28 heavy (non-hydrogen) atoms. The minimum absolute atomic E-state index is 0.146. The van der Waals surface area contributed by atoms with Crippen LogP contribution in [0.2, 0.25) is 0 Å². The highest BCUT2D eigenvalue weighted by Crippen LogP contribution is 2.27. The molecule has 0 aliphatic carbocycles. The van der Waals surface area contributed by atoms with Crippen molar-refractivity contribution in [3.8, 4) is 11.5 Å². The highest BCUT2D eigenvalue weighted by molar-refractivity contribution is 5.77. The molecule has 9 heteroatoms. The molecule has 0 saturated heterocycles. The van der Waals surface area contributed by atoms with Crippen LogP contribution in [-0.2, 0) is 17.9 Å². The lowest BCUT2D eigenvalue weighted by atomic mass is 10.2. The van der Waals surface area contributed by atoms with Gasteiger partial charge in [0.25, 0.3) is 11.3 Å². The van der Waals surface area contributed by atoms with Crippen LogP contribution in [-0.4, -0.2) is 34.3 Å². The molecule has 0 atom stereocenters. The number of benzene rings is 1. The first-order valence-corrected chi connectivity index (χ1v) is 8.84. The van der Waals surface area contributed by atoms with Crippen LogP contribution in [0.3, 0.4) is 0 Å². The standard InChI is InChI=1S/C19H22N4O5/c1-5-27-15-8-13(6-7-14(15)26-4)9-20-16(24)10-23-12(3)21-18-17(19(23)25)11(2)22-28-18/h6-8H,5,9-10H2,1-4H3,(H,20,24). The van der Waals surface area contributed by atoms with Crippen LogP contribution in [0, 0.1) is 13.8 Å². The van der Waals surface area contributed by atoms with Crippen LogP contribution in [0.5, 0.6) is 11.5 Å². The Morgan fingerprint density at radius 3 is 2.79 bits per heavy atom. The van der Waals surface area contributed by atoms with Gasteiger partial charge in [-0.05, 0) is 38.5 Å². The van der Waals surface area contributed by atoms with Gasteiger partial charge in [-0.1, -0.05) is 11.2 Å². The Hall–Kier alpha value is -3.36. The summed E-state index contributed by atoms with van der Waals surface area (Å²) in [4.78, 5) is 29.2. The van der Waals surface area contributed by atoms with Crippen molar-refractivity contribution in [2.24, 2.45) is 0 Å². The summed E-state index contributed by atoms with van der Waals surface area (Å²) in [7, 11) is 1.57. The zero-order valence-electron chi connectivity index (χ0n) is 16.2. The first-order chi connectivity index (χ1) is 13.4. The number of carbonyl (C=O) groups excluding carboxylic acids is 1. The molecule has 0 unspecified atom stereocenters. The van der Waals surface area contributed by atoms with Gasteiger partial charge in [0.1, 0.15) is 17.8 Å². The number of ether oxygens (including phenoxy) is 2. The number of carbonyl (C=O) groups is 1. The van der Waals surface area contributed by atoms with Crippen LogP contribution in [0.15, 0.2) is 27.5 Å². The molecule has 3 aromatic rings. The largest absolute Gasteiger partial charge is 0.493 e. The van der Waals surface area contributed by atoms with Crippen LogP contribution in [0.25, 0.3) is 11.1 Å². The summed E-state index contributed by atoms with van der Waals surface area (Å²) in [5.74, 6) is 1.31. The van der Waals surface area contributed by atoms with Crippen molar-refractivity contribution >= 4 is 17.0 Å². The molecule has 0 aliphatic rings. The number of hydrogen-bond donors (Lipinski definition) is 1. The normalized spacial score (nSPS) is 10.9. The molecule has 0 radical (unpaired) electrons. The van der Waals surface area contributed by atoms with Crippen molar-refractivity contribution < 1.29 is 18.8 Å². The molecular weight excluding hydrogens is 364 g/mol. The lowest BCUT2D eigenvalue weighted by Gasteiger charge is -2.12. The van der Waals surface area contributed by atoms with Crippen molar-refractivity contribution in [2.75, 3.05) is 13.7 Å². The summed E-state index contributed by atoms with van der Waals surface area (Å²) in [6, 6.07) is 5.44. The average Bonchev–Trinajstić information content (AvgIpc) is 3.04. The molecule has 1 amide bonds. The second-order valence-electron chi connectivity index (χ2n) is 6.19. The smallest absolute Gasteiger partial charge is 0.267 e. The Morgan fingerprint density at radius 1 is 1.29 bits per heavy atom. The van der Waals surface area contributed by atoms with E-state index in [2.05, 4.69) is 15.5 Å². The Morgan fingerprint density at radius 2 is 2.07 bits per heavy atom. The summed E-state index contributed by atoms with van der Waals surface area (Å²) in [6.45, 7) is 5.84. The minimum atomic E-state index is -0.348. The Bertz CT molecular complexity index is 1070. The quantitative estimate of drug-likeness (QED) is 0.658. The topological polar surface area (TPSA) is 108 Å². The molecule has 0 saturated carbocycles. The van der Waals surface area contributed by atoms with Gasteiger partial charge in [0.15, 0.2) is 11.5 Å². The molecular formula is C19H22N4O5. The lowest BCUT2D eigenvalue weighted by molar-refractivity contribution is -0.121. The summed E-state index contributed by atoms with van der Waals surface area (Å²) >= 11 is 0. The van der Waals surface area contributed by atoms with E-state index in [1.165, 1.54) is 4.57 Å². The Kier molecular flexibility index (Phi) is 5.62. The molecule has 148 valence electrons. The summed E-state index contributed by atoms with van der Waals surface area (Å²) in [5.41, 5.74) is 1.13. The fraction of sp³-hybridized carbons (Fsp3) is 0.368. The molecule has 2 aromatic heterocycles. The number of nitrogens with zero attached hydrogens (tertiary/aromatic N) is 3. The van der Waals surface area contributed by atoms with E-state index in [0.29, 0.717) is 36.2 Å². The zero-order chi connectivity index (χ0) is 20.3. The first kappa shape index (κ1) is 19.4. The summed E-state index contributed by atoms with van der Waals surface area (Å²) in [5, 5.41) is 6.85.